The minimum absolute atomic E-state index is 0.142. The first-order valence-electron chi connectivity index (χ1n) is 7.48. The molecule has 3 rings (SSSR count). The van der Waals surface area contributed by atoms with Crippen molar-refractivity contribution in [3.63, 3.8) is 0 Å². The summed E-state index contributed by atoms with van der Waals surface area (Å²) >= 11 is 1.56. The lowest BCUT2D eigenvalue weighted by atomic mass is 10.1. The number of nitrogens with one attached hydrogen (secondary N) is 1. The van der Waals surface area contributed by atoms with E-state index in [1.165, 1.54) is 12.4 Å². The van der Waals surface area contributed by atoms with Gasteiger partial charge in [-0.05, 0) is 24.1 Å². The van der Waals surface area contributed by atoms with E-state index < -0.39 is 0 Å². The highest BCUT2D eigenvalue weighted by Crippen LogP contribution is 2.11. The monoisotopic (exact) mass is 339 g/mol. The van der Waals surface area contributed by atoms with Crippen molar-refractivity contribution in [2.75, 3.05) is 0 Å². The van der Waals surface area contributed by atoms with Crippen molar-refractivity contribution in [1.82, 2.24) is 25.1 Å². The molecular weight excluding hydrogens is 322 g/mol. The molecule has 0 radical (unpaired) electrons. The Bertz CT molecular complexity index is 838. The lowest BCUT2D eigenvalue weighted by Crippen LogP contribution is -2.21. The molecule has 7 heteroatoms. The predicted molar refractivity (Wildman–Crippen MR) is 93.3 cm³/mol. The topological polar surface area (TPSA) is 72.7 Å². The number of benzene rings is 1. The Morgan fingerprint density at radius 3 is 2.88 bits per heavy atom. The van der Waals surface area contributed by atoms with Gasteiger partial charge in [-0.1, -0.05) is 24.3 Å². The average Bonchev–Trinajstić information content (AvgIpc) is 3.24. The van der Waals surface area contributed by atoms with E-state index in [0.29, 0.717) is 13.1 Å². The molecule has 122 valence electrons. The minimum Gasteiger partial charge on any atom is -0.348 e. The van der Waals surface area contributed by atoms with Crippen molar-refractivity contribution in [2.24, 2.45) is 0 Å². The van der Waals surface area contributed by atoms with Crippen LogP contribution in [-0.4, -0.2) is 25.7 Å². The Morgan fingerprint density at radius 1 is 1.33 bits per heavy atom. The maximum Gasteiger partial charge on any atom is 0.244 e. The third-order valence-corrected chi connectivity index (χ3v) is 4.20. The van der Waals surface area contributed by atoms with E-state index >= 15 is 0 Å². The highest BCUT2D eigenvalue weighted by Gasteiger charge is 2.04. The van der Waals surface area contributed by atoms with Crippen molar-refractivity contribution in [3.8, 4) is 0 Å². The van der Waals surface area contributed by atoms with Gasteiger partial charge in [0.1, 0.15) is 12.7 Å². The standard InChI is InChI=1S/C17H17N5OS/c1-13-21-16(10-24-13)6-7-17(23)19-8-14-4-2-3-5-15(14)9-22-12-18-11-20-22/h2-7,10-12H,8-9H2,1H3,(H,19,23)/b7-6+. The summed E-state index contributed by atoms with van der Waals surface area (Å²) in [4.78, 5) is 20.2. The summed E-state index contributed by atoms with van der Waals surface area (Å²) < 4.78 is 1.76. The summed E-state index contributed by atoms with van der Waals surface area (Å²) in [5, 5.41) is 9.92. The van der Waals surface area contributed by atoms with Crippen LogP contribution < -0.4 is 5.32 Å². The van der Waals surface area contributed by atoms with Crippen LogP contribution in [0.1, 0.15) is 21.8 Å². The second kappa shape index (κ2) is 7.65. The molecule has 2 heterocycles. The van der Waals surface area contributed by atoms with E-state index in [1.807, 2.05) is 36.6 Å². The highest BCUT2D eigenvalue weighted by molar-refractivity contribution is 7.09. The summed E-state index contributed by atoms with van der Waals surface area (Å²) in [6, 6.07) is 7.96. The molecule has 24 heavy (non-hydrogen) atoms. The van der Waals surface area contributed by atoms with Gasteiger partial charge in [-0.2, -0.15) is 5.10 Å². The van der Waals surface area contributed by atoms with Gasteiger partial charge in [0.25, 0.3) is 0 Å². The SMILES string of the molecule is Cc1nc(/C=C/C(=O)NCc2ccccc2Cn2cncn2)cs1. The molecule has 0 spiro atoms. The normalized spacial score (nSPS) is 11.0. The molecule has 0 aliphatic heterocycles. The van der Waals surface area contributed by atoms with E-state index in [1.54, 1.807) is 28.4 Å². The molecule has 1 N–H and O–H groups in total. The zero-order valence-corrected chi connectivity index (χ0v) is 14.0. The molecule has 0 atom stereocenters. The molecule has 6 nitrogen and oxygen atoms in total. The van der Waals surface area contributed by atoms with Gasteiger partial charge in [-0.15, -0.1) is 11.3 Å². The average molecular weight is 339 g/mol. The number of hydrogen-bond acceptors (Lipinski definition) is 5. The molecule has 2 aromatic heterocycles. The van der Waals surface area contributed by atoms with Gasteiger partial charge in [0, 0.05) is 18.0 Å². The number of carbonyl (C=O) groups is 1. The number of amides is 1. The third kappa shape index (κ3) is 4.36. The molecular formula is C17H17N5OS. The summed E-state index contributed by atoms with van der Waals surface area (Å²) in [5.74, 6) is -0.142. The number of aromatic nitrogens is 4. The number of aryl methyl sites for hydroxylation is 1. The van der Waals surface area contributed by atoms with Gasteiger partial charge in [-0.25, -0.2) is 14.6 Å². The van der Waals surface area contributed by atoms with Crippen LogP contribution in [0, 0.1) is 6.92 Å². The highest BCUT2D eigenvalue weighted by atomic mass is 32.1. The molecule has 0 bridgehead atoms. The fourth-order valence-electron chi connectivity index (χ4n) is 2.23. The van der Waals surface area contributed by atoms with Crippen LogP contribution in [0.3, 0.4) is 0 Å². The minimum atomic E-state index is -0.142. The second-order valence-electron chi connectivity index (χ2n) is 5.20. The van der Waals surface area contributed by atoms with E-state index in [9.17, 15) is 4.79 Å². The van der Waals surface area contributed by atoms with Gasteiger partial charge >= 0.3 is 0 Å². The quantitative estimate of drug-likeness (QED) is 0.700. The fourth-order valence-corrected chi connectivity index (χ4v) is 2.81. The molecule has 0 aliphatic carbocycles. The van der Waals surface area contributed by atoms with Crippen molar-refractivity contribution >= 4 is 23.3 Å². The Morgan fingerprint density at radius 2 is 2.17 bits per heavy atom. The molecule has 0 fully saturated rings. The van der Waals surface area contributed by atoms with Gasteiger partial charge in [-0.3, -0.25) is 4.79 Å². The molecule has 1 aromatic carbocycles. The molecule has 3 aromatic rings. The van der Waals surface area contributed by atoms with Crippen LogP contribution in [0.2, 0.25) is 0 Å². The Labute approximate surface area is 143 Å². The summed E-state index contributed by atoms with van der Waals surface area (Å²) in [6.45, 7) is 3.03. The zero-order valence-electron chi connectivity index (χ0n) is 13.2. The van der Waals surface area contributed by atoms with E-state index in [2.05, 4.69) is 20.4 Å². The fraction of sp³-hybridized carbons (Fsp3) is 0.176. The van der Waals surface area contributed by atoms with Gasteiger partial charge in [0.05, 0.1) is 17.2 Å². The van der Waals surface area contributed by atoms with Crippen LogP contribution in [0.4, 0.5) is 0 Å². The molecule has 0 unspecified atom stereocenters. The number of nitrogens with zero attached hydrogens (tertiary/aromatic N) is 4. The summed E-state index contributed by atoms with van der Waals surface area (Å²) in [5.41, 5.74) is 2.96. The number of hydrogen-bond donors (Lipinski definition) is 1. The van der Waals surface area contributed by atoms with Crippen molar-refractivity contribution in [2.45, 2.75) is 20.0 Å². The van der Waals surface area contributed by atoms with Gasteiger partial charge < -0.3 is 5.32 Å². The summed E-state index contributed by atoms with van der Waals surface area (Å²) in [6.07, 6.45) is 6.41. The predicted octanol–water partition coefficient (Wildman–Crippen LogP) is 2.42. The van der Waals surface area contributed by atoms with Gasteiger partial charge in [0.15, 0.2) is 0 Å². The summed E-state index contributed by atoms with van der Waals surface area (Å²) in [7, 11) is 0. The largest absolute Gasteiger partial charge is 0.348 e. The Kier molecular flexibility index (Phi) is 5.12. The smallest absolute Gasteiger partial charge is 0.244 e. The number of carbonyl (C=O) groups excluding carboxylic acids is 1. The van der Waals surface area contributed by atoms with Crippen LogP contribution in [0.5, 0.6) is 0 Å². The van der Waals surface area contributed by atoms with E-state index in [-0.39, 0.29) is 5.91 Å². The Hall–Kier alpha value is -2.80. The molecule has 1 amide bonds. The van der Waals surface area contributed by atoms with Crippen LogP contribution in [0.25, 0.3) is 6.08 Å². The van der Waals surface area contributed by atoms with Crippen molar-refractivity contribution in [3.05, 3.63) is 70.2 Å². The number of thiazole rings is 1. The van der Waals surface area contributed by atoms with Gasteiger partial charge in [0.2, 0.25) is 5.91 Å². The molecule has 0 saturated carbocycles. The van der Waals surface area contributed by atoms with Crippen LogP contribution >= 0.6 is 11.3 Å². The van der Waals surface area contributed by atoms with E-state index in [4.69, 9.17) is 0 Å². The lowest BCUT2D eigenvalue weighted by molar-refractivity contribution is -0.116. The van der Waals surface area contributed by atoms with E-state index in [0.717, 1.165) is 21.8 Å². The first-order chi connectivity index (χ1) is 11.7. The molecule has 0 aliphatic rings. The maximum atomic E-state index is 12.0. The Balaban J connectivity index is 1.60. The maximum absolute atomic E-state index is 12.0. The van der Waals surface area contributed by atoms with Crippen LogP contribution in [-0.2, 0) is 17.9 Å². The molecule has 0 saturated heterocycles. The second-order valence-corrected chi connectivity index (χ2v) is 6.27. The lowest BCUT2D eigenvalue weighted by Gasteiger charge is -2.09. The van der Waals surface area contributed by atoms with Crippen molar-refractivity contribution < 1.29 is 4.79 Å². The zero-order chi connectivity index (χ0) is 16.8. The third-order valence-electron chi connectivity index (χ3n) is 3.41. The first-order valence-corrected chi connectivity index (χ1v) is 8.36. The van der Waals surface area contributed by atoms with Crippen molar-refractivity contribution in [1.29, 1.82) is 0 Å². The number of rotatable bonds is 6. The van der Waals surface area contributed by atoms with Crippen LogP contribution in [0.15, 0.2) is 48.4 Å². The first kappa shape index (κ1) is 16.1.